The van der Waals surface area contributed by atoms with Gasteiger partial charge in [-0.05, 0) is 18.2 Å². The van der Waals surface area contributed by atoms with Crippen molar-refractivity contribution in [3.63, 3.8) is 0 Å². The fraction of sp³-hybridized carbons (Fsp3) is 0.0769. The lowest BCUT2D eigenvalue weighted by Crippen LogP contribution is -2.30. The second-order valence-electron chi connectivity index (χ2n) is 3.76. The van der Waals surface area contributed by atoms with Crippen LogP contribution in [0.1, 0.15) is 17.2 Å². The van der Waals surface area contributed by atoms with Crippen molar-refractivity contribution in [2.24, 2.45) is 5.84 Å². The van der Waals surface area contributed by atoms with Crippen LogP contribution < -0.4 is 11.3 Å². The number of hydrogen-bond donors (Lipinski definition) is 2. The average Bonchev–Trinajstić information content (AvgIpc) is 2.35. The molecule has 0 aliphatic rings. The highest BCUT2D eigenvalue weighted by Gasteiger charge is 2.21. The zero-order valence-electron chi connectivity index (χ0n) is 9.33. The van der Waals surface area contributed by atoms with Crippen molar-refractivity contribution in [1.82, 2.24) is 5.43 Å². The number of hydrazine groups is 1. The maximum atomic E-state index is 13.9. The molecule has 0 radical (unpaired) electrons. The van der Waals surface area contributed by atoms with E-state index in [0.29, 0.717) is 10.0 Å². The molecule has 0 amide bonds. The molecule has 1 atom stereocenters. The Bertz CT molecular complexity index is 540. The molecule has 5 heteroatoms. The summed E-state index contributed by atoms with van der Waals surface area (Å²) in [4.78, 5) is 0. The van der Waals surface area contributed by atoms with E-state index in [0.717, 1.165) is 0 Å². The van der Waals surface area contributed by atoms with E-state index in [-0.39, 0.29) is 5.56 Å². The second kappa shape index (κ2) is 5.56. The van der Waals surface area contributed by atoms with Gasteiger partial charge in [0.15, 0.2) is 0 Å². The van der Waals surface area contributed by atoms with Crippen LogP contribution in [0.4, 0.5) is 8.78 Å². The quantitative estimate of drug-likeness (QED) is 0.674. The van der Waals surface area contributed by atoms with Crippen LogP contribution in [0.5, 0.6) is 0 Å². The Labute approximate surface area is 112 Å². The predicted molar refractivity (Wildman–Crippen MR) is 69.7 cm³/mol. The normalized spacial score (nSPS) is 12.4. The summed E-state index contributed by atoms with van der Waals surface area (Å²) < 4.78 is 28.1. The van der Waals surface area contributed by atoms with Crippen LogP contribution in [0.3, 0.4) is 0 Å². The van der Waals surface area contributed by atoms with Crippen LogP contribution in [0.25, 0.3) is 0 Å². The highest BCUT2D eigenvalue weighted by atomic mass is 79.9. The maximum absolute atomic E-state index is 13.9. The molecule has 0 heterocycles. The molecule has 3 N–H and O–H groups in total. The summed E-state index contributed by atoms with van der Waals surface area (Å²) in [6.07, 6.45) is 0. The largest absolute Gasteiger partial charge is 0.271 e. The Morgan fingerprint density at radius 2 is 1.67 bits per heavy atom. The molecule has 0 bridgehead atoms. The fourth-order valence-corrected chi connectivity index (χ4v) is 2.40. The molecule has 2 nitrogen and oxygen atoms in total. The first-order chi connectivity index (χ1) is 8.65. The molecule has 18 heavy (non-hydrogen) atoms. The smallest absolute Gasteiger partial charge is 0.129 e. The summed E-state index contributed by atoms with van der Waals surface area (Å²) in [5.41, 5.74) is 3.03. The van der Waals surface area contributed by atoms with Gasteiger partial charge in [-0.15, -0.1) is 0 Å². The number of halogens is 3. The molecule has 2 aromatic rings. The molecular weight excluding hydrogens is 302 g/mol. The van der Waals surface area contributed by atoms with Crippen LogP contribution in [-0.2, 0) is 0 Å². The van der Waals surface area contributed by atoms with E-state index >= 15 is 0 Å². The summed E-state index contributed by atoms with van der Waals surface area (Å²) >= 11 is 3.25. The first kappa shape index (κ1) is 13.1. The summed E-state index contributed by atoms with van der Waals surface area (Å²) in [6, 6.07) is 9.95. The van der Waals surface area contributed by atoms with Crippen LogP contribution in [0.2, 0.25) is 0 Å². The van der Waals surface area contributed by atoms with Crippen molar-refractivity contribution in [3.05, 3.63) is 69.7 Å². The highest BCUT2D eigenvalue weighted by molar-refractivity contribution is 9.10. The molecule has 0 saturated carbocycles. The van der Waals surface area contributed by atoms with E-state index in [4.69, 9.17) is 5.84 Å². The molecular formula is C13H11BrF2N2. The molecule has 2 rings (SSSR count). The first-order valence-electron chi connectivity index (χ1n) is 5.29. The van der Waals surface area contributed by atoms with Gasteiger partial charge < -0.3 is 0 Å². The minimum absolute atomic E-state index is 0.283. The summed E-state index contributed by atoms with van der Waals surface area (Å²) in [7, 11) is 0. The maximum Gasteiger partial charge on any atom is 0.129 e. The molecule has 94 valence electrons. The summed E-state index contributed by atoms with van der Waals surface area (Å²) in [5, 5.41) is 0. The van der Waals surface area contributed by atoms with E-state index < -0.39 is 17.7 Å². The SMILES string of the molecule is NNC(c1ccccc1F)c1c(F)cccc1Br. The number of nitrogens with one attached hydrogen (secondary N) is 1. The lowest BCUT2D eigenvalue weighted by molar-refractivity contribution is 0.529. The van der Waals surface area contributed by atoms with Crippen LogP contribution in [-0.4, -0.2) is 0 Å². The first-order valence-corrected chi connectivity index (χ1v) is 6.09. The molecule has 0 spiro atoms. The third-order valence-electron chi connectivity index (χ3n) is 2.67. The fourth-order valence-electron chi connectivity index (χ4n) is 1.82. The van der Waals surface area contributed by atoms with Crippen LogP contribution >= 0.6 is 15.9 Å². The van der Waals surface area contributed by atoms with Gasteiger partial charge in [0, 0.05) is 15.6 Å². The Balaban J connectivity index is 2.56. The van der Waals surface area contributed by atoms with Gasteiger partial charge in [-0.2, -0.15) is 0 Å². The van der Waals surface area contributed by atoms with E-state index in [2.05, 4.69) is 21.4 Å². The van der Waals surface area contributed by atoms with Gasteiger partial charge in [-0.25, -0.2) is 14.2 Å². The van der Waals surface area contributed by atoms with E-state index in [1.165, 1.54) is 12.1 Å². The predicted octanol–water partition coefficient (Wildman–Crippen LogP) is 3.28. The van der Waals surface area contributed by atoms with Crippen molar-refractivity contribution in [2.75, 3.05) is 0 Å². The minimum Gasteiger partial charge on any atom is -0.271 e. The van der Waals surface area contributed by atoms with Crippen molar-refractivity contribution in [1.29, 1.82) is 0 Å². The van der Waals surface area contributed by atoms with Crippen LogP contribution in [0.15, 0.2) is 46.9 Å². The van der Waals surface area contributed by atoms with Crippen molar-refractivity contribution >= 4 is 15.9 Å². The van der Waals surface area contributed by atoms with E-state index in [1.54, 1.807) is 30.3 Å². The minimum atomic E-state index is -0.748. The average molecular weight is 313 g/mol. The summed E-state index contributed by atoms with van der Waals surface area (Å²) in [6.45, 7) is 0. The topological polar surface area (TPSA) is 38.0 Å². The van der Waals surface area contributed by atoms with Gasteiger partial charge in [0.05, 0.1) is 6.04 Å². The molecule has 0 aliphatic carbocycles. The second-order valence-corrected chi connectivity index (χ2v) is 4.61. The van der Waals surface area contributed by atoms with E-state index in [9.17, 15) is 8.78 Å². The molecule has 0 aliphatic heterocycles. The Hall–Kier alpha value is -1.30. The number of nitrogens with two attached hydrogens (primary N) is 1. The lowest BCUT2D eigenvalue weighted by atomic mass is 9.98. The number of hydrogen-bond acceptors (Lipinski definition) is 2. The van der Waals surface area contributed by atoms with Crippen molar-refractivity contribution < 1.29 is 8.78 Å². The number of rotatable bonds is 3. The monoisotopic (exact) mass is 312 g/mol. The summed E-state index contributed by atoms with van der Waals surface area (Å²) in [5.74, 6) is 4.56. The van der Waals surface area contributed by atoms with Crippen molar-refractivity contribution in [3.8, 4) is 0 Å². The van der Waals surface area contributed by atoms with Gasteiger partial charge in [-0.3, -0.25) is 5.84 Å². The lowest BCUT2D eigenvalue weighted by Gasteiger charge is -2.19. The number of benzene rings is 2. The van der Waals surface area contributed by atoms with Gasteiger partial charge in [0.2, 0.25) is 0 Å². The molecule has 1 unspecified atom stereocenters. The Morgan fingerprint density at radius 3 is 2.28 bits per heavy atom. The zero-order chi connectivity index (χ0) is 13.1. The molecule has 0 fully saturated rings. The van der Waals surface area contributed by atoms with Gasteiger partial charge in [-0.1, -0.05) is 40.2 Å². The van der Waals surface area contributed by atoms with Gasteiger partial charge >= 0.3 is 0 Å². The highest BCUT2D eigenvalue weighted by Crippen LogP contribution is 2.31. The standard InChI is InChI=1S/C13H11BrF2N2/c14-9-5-3-7-11(16)12(9)13(18-17)8-4-1-2-6-10(8)15/h1-7,13,18H,17H2. The van der Waals surface area contributed by atoms with Gasteiger partial charge in [0.25, 0.3) is 0 Å². The molecule has 0 aromatic heterocycles. The van der Waals surface area contributed by atoms with Gasteiger partial charge in [0.1, 0.15) is 11.6 Å². The zero-order valence-corrected chi connectivity index (χ0v) is 10.9. The third-order valence-corrected chi connectivity index (χ3v) is 3.36. The third kappa shape index (κ3) is 2.43. The van der Waals surface area contributed by atoms with Crippen LogP contribution in [0, 0.1) is 11.6 Å². The molecule has 2 aromatic carbocycles. The Kier molecular flexibility index (Phi) is 4.06. The van der Waals surface area contributed by atoms with E-state index in [1.807, 2.05) is 0 Å². The van der Waals surface area contributed by atoms with Crippen molar-refractivity contribution in [2.45, 2.75) is 6.04 Å². The molecule has 0 saturated heterocycles. The Morgan fingerprint density at radius 1 is 1.00 bits per heavy atom.